The number of hydrogen-bond donors (Lipinski definition) is 2. The third-order valence-corrected chi connectivity index (χ3v) is 6.33. The highest BCUT2D eigenvalue weighted by molar-refractivity contribution is 8.00. The predicted molar refractivity (Wildman–Crippen MR) is 156 cm³/mol. The van der Waals surface area contributed by atoms with E-state index in [9.17, 15) is 14.9 Å². The molecule has 0 atom stereocenters. The van der Waals surface area contributed by atoms with E-state index in [0.29, 0.717) is 45.7 Å². The van der Waals surface area contributed by atoms with Gasteiger partial charge >= 0.3 is 0 Å². The molecule has 0 spiro atoms. The van der Waals surface area contributed by atoms with Crippen LogP contribution in [0.3, 0.4) is 0 Å². The van der Waals surface area contributed by atoms with Gasteiger partial charge in [0.1, 0.15) is 16.8 Å². The van der Waals surface area contributed by atoms with Gasteiger partial charge in [0.25, 0.3) is 5.91 Å². The van der Waals surface area contributed by atoms with Crippen LogP contribution in [0.4, 0.5) is 5.69 Å². The highest BCUT2D eigenvalue weighted by Crippen LogP contribution is 2.29. The van der Waals surface area contributed by atoms with Crippen molar-refractivity contribution in [1.82, 2.24) is 10.4 Å². The number of carbonyl (C=O) groups excluding carboxylic acids is 2. The zero-order valence-electron chi connectivity index (χ0n) is 23.2. The van der Waals surface area contributed by atoms with Gasteiger partial charge in [-0.15, -0.1) is 0 Å². The minimum Gasteiger partial charge on any atom is -0.495 e. The van der Waals surface area contributed by atoms with Gasteiger partial charge in [0, 0.05) is 12.8 Å². The number of amides is 2. The fraction of sp³-hybridized carbons (Fsp3) is 0.276. The van der Waals surface area contributed by atoms with Gasteiger partial charge in [-0.1, -0.05) is 23.9 Å². The average Bonchev–Trinajstić information content (AvgIpc) is 2.96. The fourth-order valence-electron chi connectivity index (χ4n) is 3.62. The van der Waals surface area contributed by atoms with Crippen molar-refractivity contribution < 1.29 is 28.5 Å². The number of aromatic nitrogens is 1. The number of nitrogens with zero attached hydrogens (tertiary/aromatic N) is 3. The van der Waals surface area contributed by atoms with Gasteiger partial charge in [0.05, 0.1) is 43.5 Å². The Bertz CT molecular complexity index is 1440. The molecule has 0 fully saturated rings. The van der Waals surface area contributed by atoms with E-state index in [1.54, 1.807) is 49.6 Å². The minimum atomic E-state index is -0.363. The molecule has 41 heavy (non-hydrogen) atoms. The Hall–Kier alpha value is -4.60. The number of para-hydroxylation sites is 2. The topological polar surface area (TPSA) is 144 Å². The van der Waals surface area contributed by atoms with Gasteiger partial charge in [-0.05, 0) is 61.4 Å². The standard InChI is InChI=1S/C29H31N5O6S/c1-5-39-26-13-20(10-11-25(26)40-17-27(35)33-23-8-6-7-9-24(23)38-4)15-31-34-28(36)18-41-29-22(14-30)21(16-37-3)12-19(2)32-29/h6-13,15H,5,16-18H2,1-4H3,(H,33,35)(H,34,36)/b31-15+. The number of thioether (sulfide) groups is 1. The number of aryl methyl sites for hydroxylation is 1. The summed E-state index contributed by atoms with van der Waals surface area (Å²) in [5.74, 6) is 0.637. The Morgan fingerprint density at radius 2 is 1.88 bits per heavy atom. The zero-order chi connectivity index (χ0) is 29.6. The van der Waals surface area contributed by atoms with Crippen LogP contribution < -0.4 is 25.0 Å². The quantitative estimate of drug-likeness (QED) is 0.165. The Balaban J connectivity index is 1.57. The van der Waals surface area contributed by atoms with Crippen LogP contribution in [0.1, 0.15) is 29.3 Å². The first-order valence-corrected chi connectivity index (χ1v) is 13.5. The van der Waals surface area contributed by atoms with Gasteiger partial charge < -0.3 is 24.3 Å². The number of hydrogen-bond acceptors (Lipinski definition) is 10. The van der Waals surface area contributed by atoms with Crippen LogP contribution in [0.15, 0.2) is 58.7 Å². The van der Waals surface area contributed by atoms with Gasteiger partial charge in [-0.3, -0.25) is 9.59 Å². The first kappa shape index (κ1) is 30.9. The molecule has 0 bridgehead atoms. The van der Waals surface area contributed by atoms with Crippen LogP contribution >= 0.6 is 11.8 Å². The number of ether oxygens (including phenoxy) is 4. The molecule has 2 amide bonds. The summed E-state index contributed by atoms with van der Waals surface area (Å²) >= 11 is 1.15. The molecule has 11 nitrogen and oxygen atoms in total. The summed E-state index contributed by atoms with van der Waals surface area (Å²) in [6.45, 7) is 4.06. The smallest absolute Gasteiger partial charge is 0.262 e. The predicted octanol–water partition coefficient (Wildman–Crippen LogP) is 4.08. The molecule has 0 aliphatic rings. The lowest BCUT2D eigenvalue weighted by molar-refractivity contribution is -0.119. The maximum Gasteiger partial charge on any atom is 0.262 e. The van der Waals surface area contributed by atoms with Crippen LogP contribution in [0, 0.1) is 18.3 Å². The molecule has 0 aliphatic heterocycles. The van der Waals surface area contributed by atoms with E-state index < -0.39 is 0 Å². The van der Waals surface area contributed by atoms with Gasteiger partial charge in [0.15, 0.2) is 18.1 Å². The van der Waals surface area contributed by atoms with Gasteiger partial charge in [-0.25, -0.2) is 10.4 Å². The molecule has 2 aromatic carbocycles. The first-order chi connectivity index (χ1) is 19.9. The van der Waals surface area contributed by atoms with Crippen molar-refractivity contribution in [3.8, 4) is 23.3 Å². The first-order valence-electron chi connectivity index (χ1n) is 12.5. The maximum atomic E-state index is 12.4. The summed E-state index contributed by atoms with van der Waals surface area (Å²) in [6.07, 6.45) is 1.46. The largest absolute Gasteiger partial charge is 0.495 e. The summed E-state index contributed by atoms with van der Waals surface area (Å²) in [7, 11) is 3.08. The lowest BCUT2D eigenvalue weighted by atomic mass is 10.1. The van der Waals surface area contributed by atoms with Crippen LogP contribution in [0.2, 0.25) is 0 Å². The van der Waals surface area contributed by atoms with E-state index in [-0.39, 0.29) is 30.8 Å². The molecular weight excluding hydrogens is 546 g/mol. The van der Waals surface area contributed by atoms with E-state index in [1.165, 1.54) is 13.3 Å². The van der Waals surface area contributed by atoms with Crippen molar-refractivity contribution in [2.45, 2.75) is 25.5 Å². The Labute approximate surface area is 242 Å². The number of nitrogens with one attached hydrogen (secondary N) is 2. The van der Waals surface area contributed by atoms with Crippen LogP contribution in [0.25, 0.3) is 0 Å². The summed E-state index contributed by atoms with van der Waals surface area (Å²) < 4.78 is 21.8. The molecule has 214 valence electrons. The summed E-state index contributed by atoms with van der Waals surface area (Å²) in [5.41, 5.74) is 5.49. The lowest BCUT2D eigenvalue weighted by Gasteiger charge is -2.13. The van der Waals surface area contributed by atoms with Crippen LogP contribution in [0.5, 0.6) is 17.2 Å². The average molecular weight is 578 g/mol. The van der Waals surface area contributed by atoms with E-state index in [0.717, 1.165) is 23.0 Å². The molecule has 0 radical (unpaired) electrons. The van der Waals surface area contributed by atoms with E-state index >= 15 is 0 Å². The summed E-state index contributed by atoms with van der Waals surface area (Å²) in [5, 5.41) is 16.8. The van der Waals surface area contributed by atoms with E-state index in [4.69, 9.17) is 18.9 Å². The summed E-state index contributed by atoms with van der Waals surface area (Å²) in [6, 6.07) is 16.1. The number of hydrazone groups is 1. The van der Waals surface area contributed by atoms with Crippen molar-refractivity contribution >= 4 is 35.5 Å². The molecular formula is C29H31N5O6S. The molecule has 1 aromatic heterocycles. The Morgan fingerprint density at radius 1 is 1.07 bits per heavy atom. The normalized spacial score (nSPS) is 10.6. The number of methoxy groups -OCH3 is 2. The second-order valence-corrected chi connectivity index (χ2v) is 9.37. The van der Waals surface area contributed by atoms with Gasteiger partial charge in [0.2, 0.25) is 5.91 Å². The number of nitriles is 1. The lowest BCUT2D eigenvalue weighted by Crippen LogP contribution is -2.20. The molecule has 0 unspecified atom stereocenters. The number of anilines is 1. The zero-order valence-corrected chi connectivity index (χ0v) is 24.0. The second kappa shape index (κ2) is 15.9. The van der Waals surface area contributed by atoms with Crippen molar-refractivity contribution in [3.63, 3.8) is 0 Å². The van der Waals surface area contributed by atoms with E-state index in [1.807, 2.05) is 19.9 Å². The van der Waals surface area contributed by atoms with Crippen LogP contribution in [-0.2, 0) is 20.9 Å². The van der Waals surface area contributed by atoms with Crippen molar-refractivity contribution in [1.29, 1.82) is 5.26 Å². The molecule has 12 heteroatoms. The highest BCUT2D eigenvalue weighted by Gasteiger charge is 2.14. The number of rotatable bonds is 14. The third-order valence-electron chi connectivity index (χ3n) is 5.36. The van der Waals surface area contributed by atoms with Crippen molar-refractivity contribution in [2.75, 3.05) is 38.5 Å². The molecule has 3 aromatic rings. The molecule has 2 N–H and O–H groups in total. The van der Waals surface area contributed by atoms with Crippen molar-refractivity contribution in [3.05, 3.63) is 70.9 Å². The Kier molecular flexibility index (Phi) is 12.0. The second-order valence-electron chi connectivity index (χ2n) is 8.41. The van der Waals surface area contributed by atoms with E-state index in [2.05, 4.69) is 26.9 Å². The maximum absolute atomic E-state index is 12.4. The minimum absolute atomic E-state index is 0.0167. The van der Waals surface area contributed by atoms with Crippen LogP contribution in [-0.4, -0.2) is 56.2 Å². The molecule has 3 rings (SSSR count). The number of benzene rings is 2. The molecule has 0 saturated heterocycles. The van der Waals surface area contributed by atoms with Crippen molar-refractivity contribution in [2.24, 2.45) is 5.10 Å². The highest BCUT2D eigenvalue weighted by atomic mass is 32.2. The molecule has 1 heterocycles. The monoisotopic (exact) mass is 577 g/mol. The summed E-state index contributed by atoms with van der Waals surface area (Å²) in [4.78, 5) is 29.2. The Morgan fingerprint density at radius 3 is 2.61 bits per heavy atom. The van der Waals surface area contributed by atoms with Gasteiger partial charge in [-0.2, -0.15) is 10.4 Å². The number of pyridine rings is 1. The fourth-order valence-corrected chi connectivity index (χ4v) is 4.48. The third kappa shape index (κ3) is 9.23. The number of carbonyl (C=O) groups is 2. The SMILES string of the molecule is CCOc1cc(/C=N/NC(=O)CSc2nc(C)cc(COC)c2C#N)ccc1OCC(=O)Nc1ccccc1OC. The molecule has 0 aliphatic carbocycles. The molecule has 0 saturated carbocycles.